The van der Waals surface area contributed by atoms with Gasteiger partial charge in [0, 0.05) is 18.1 Å². The standard InChI is InChI=1S/C30H36ClN3O5S/c1-5-19-32-30(36)28(6-2)33(20-23-9-7-22(3)8-10-23)29(35)21-34(25-13-11-24(31)12-14-25)40(37,38)27-17-15-26(39-4)16-18-27/h7-18,28H,5-6,19-21H2,1-4H3,(H,32,36)/t28-/m1/s1. The number of carbonyl (C=O) groups excluding carboxylic acids is 2. The topological polar surface area (TPSA) is 96.0 Å². The molecule has 0 heterocycles. The van der Waals surface area contributed by atoms with E-state index in [1.54, 1.807) is 36.4 Å². The van der Waals surface area contributed by atoms with E-state index in [-0.39, 0.29) is 23.0 Å². The van der Waals surface area contributed by atoms with Crippen LogP contribution in [0.15, 0.2) is 77.7 Å². The van der Waals surface area contributed by atoms with Crippen LogP contribution in [-0.2, 0) is 26.2 Å². The third-order valence-corrected chi connectivity index (χ3v) is 8.49. The average molecular weight is 586 g/mol. The maximum absolute atomic E-state index is 14.0. The zero-order valence-electron chi connectivity index (χ0n) is 23.3. The summed E-state index contributed by atoms with van der Waals surface area (Å²) in [5.41, 5.74) is 2.16. The summed E-state index contributed by atoms with van der Waals surface area (Å²) in [6, 6.07) is 19.1. The summed E-state index contributed by atoms with van der Waals surface area (Å²) >= 11 is 6.07. The molecule has 3 rings (SSSR count). The Balaban J connectivity index is 2.04. The van der Waals surface area contributed by atoms with Gasteiger partial charge in [0.05, 0.1) is 17.7 Å². The molecule has 0 bridgehead atoms. The highest BCUT2D eigenvalue weighted by molar-refractivity contribution is 7.92. The van der Waals surface area contributed by atoms with E-state index in [1.165, 1.54) is 24.1 Å². The van der Waals surface area contributed by atoms with Crippen molar-refractivity contribution in [1.82, 2.24) is 10.2 Å². The number of nitrogens with zero attached hydrogens (tertiary/aromatic N) is 2. The maximum atomic E-state index is 14.0. The number of carbonyl (C=O) groups is 2. The van der Waals surface area contributed by atoms with Gasteiger partial charge in [-0.2, -0.15) is 0 Å². The second kappa shape index (κ2) is 14.2. The van der Waals surface area contributed by atoms with E-state index in [4.69, 9.17) is 16.3 Å². The van der Waals surface area contributed by atoms with Crippen LogP contribution in [0.5, 0.6) is 5.75 Å². The molecule has 0 aromatic heterocycles. The van der Waals surface area contributed by atoms with E-state index in [1.807, 2.05) is 45.0 Å². The predicted molar refractivity (Wildman–Crippen MR) is 158 cm³/mol. The number of methoxy groups -OCH3 is 1. The zero-order valence-corrected chi connectivity index (χ0v) is 24.8. The van der Waals surface area contributed by atoms with Gasteiger partial charge >= 0.3 is 0 Å². The first kappa shape index (κ1) is 31.0. The van der Waals surface area contributed by atoms with Gasteiger partial charge in [-0.1, -0.05) is 55.3 Å². The molecule has 0 aliphatic carbocycles. The molecule has 0 fully saturated rings. The fourth-order valence-electron chi connectivity index (χ4n) is 4.19. The molecule has 0 aliphatic heterocycles. The number of halogens is 1. The molecule has 0 spiro atoms. The van der Waals surface area contributed by atoms with Crippen LogP contribution >= 0.6 is 11.6 Å². The summed E-state index contributed by atoms with van der Waals surface area (Å²) in [5.74, 6) is -0.284. The van der Waals surface area contributed by atoms with Crippen molar-refractivity contribution in [1.29, 1.82) is 0 Å². The lowest BCUT2D eigenvalue weighted by molar-refractivity contribution is -0.140. The van der Waals surface area contributed by atoms with Crippen molar-refractivity contribution in [3.8, 4) is 5.75 Å². The Labute approximate surface area is 241 Å². The van der Waals surface area contributed by atoms with Gasteiger partial charge in [-0.25, -0.2) is 8.42 Å². The molecule has 2 amide bonds. The first-order chi connectivity index (χ1) is 19.1. The molecule has 0 aliphatic rings. The van der Waals surface area contributed by atoms with Crippen molar-refractivity contribution >= 4 is 39.1 Å². The van der Waals surface area contributed by atoms with Gasteiger partial charge in [-0.15, -0.1) is 0 Å². The number of nitrogens with one attached hydrogen (secondary N) is 1. The van der Waals surface area contributed by atoms with Crippen LogP contribution in [0.25, 0.3) is 0 Å². The monoisotopic (exact) mass is 585 g/mol. The minimum atomic E-state index is -4.18. The number of rotatable bonds is 13. The maximum Gasteiger partial charge on any atom is 0.264 e. The molecule has 1 N–H and O–H groups in total. The van der Waals surface area contributed by atoms with Crippen LogP contribution < -0.4 is 14.4 Å². The SMILES string of the molecule is CCCNC(=O)[C@@H](CC)N(Cc1ccc(C)cc1)C(=O)CN(c1ccc(Cl)cc1)S(=O)(=O)c1ccc(OC)cc1. The predicted octanol–water partition coefficient (Wildman–Crippen LogP) is 5.19. The summed E-state index contributed by atoms with van der Waals surface area (Å²) < 4.78 is 34.0. The molecule has 3 aromatic carbocycles. The Kier molecular flexibility index (Phi) is 11.0. The Morgan fingerprint density at radius 3 is 2.12 bits per heavy atom. The van der Waals surface area contributed by atoms with Crippen LogP contribution in [0, 0.1) is 6.92 Å². The van der Waals surface area contributed by atoms with Crippen molar-refractivity contribution in [3.63, 3.8) is 0 Å². The van der Waals surface area contributed by atoms with E-state index in [9.17, 15) is 18.0 Å². The number of amides is 2. The summed E-state index contributed by atoms with van der Waals surface area (Å²) in [4.78, 5) is 28.6. The number of hydrogen-bond acceptors (Lipinski definition) is 5. The number of aryl methyl sites for hydroxylation is 1. The van der Waals surface area contributed by atoms with E-state index < -0.39 is 28.5 Å². The highest BCUT2D eigenvalue weighted by Gasteiger charge is 2.33. The second-order valence-electron chi connectivity index (χ2n) is 9.39. The number of benzene rings is 3. The van der Waals surface area contributed by atoms with Gasteiger partial charge < -0.3 is 15.0 Å². The van der Waals surface area contributed by atoms with Crippen LogP contribution in [0.1, 0.15) is 37.8 Å². The van der Waals surface area contributed by atoms with Crippen LogP contribution in [0.3, 0.4) is 0 Å². The molecule has 214 valence electrons. The van der Waals surface area contributed by atoms with Crippen LogP contribution in [-0.4, -0.2) is 51.4 Å². The number of ether oxygens (including phenoxy) is 1. The normalized spacial score (nSPS) is 11.9. The molecule has 0 saturated carbocycles. The van der Waals surface area contributed by atoms with E-state index in [2.05, 4.69) is 5.32 Å². The smallest absolute Gasteiger partial charge is 0.264 e. The van der Waals surface area contributed by atoms with E-state index in [0.717, 1.165) is 21.9 Å². The van der Waals surface area contributed by atoms with Crippen molar-refractivity contribution in [2.75, 3.05) is 24.5 Å². The quantitative estimate of drug-likeness (QED) is 0.298. The fourth-order valence-corrected chi connectivity index (χ4v) is 5.73. The molecular weight excluding hydrogens is 550 g/mol. The number of sulfonamides is 1. The molecule has 0 unspecified atom stereocenters. The molecule has 1 atom stereocenters. The summed E-state index contributed by atoms with van der Waals surface area (Å²) in [7, 11) is -2.69. The minimum absolute atomic E-state index is 0.00568. The molecule has 10 heteroatoms. The van der Waals surface area contributed by atoms with E-state index in [0.29, 0.717) is 23.7 Å². The Morgan fingerprint density at radius 1 is 0.950 bits per heavy atom. The number of hydrogen-bond donors (Lipinski definition) is 1. The summed E-state index contributed by atoms with van der Waals surface area (Å²) in [6.07, 6.45) is 1.11. The molecule has 40 heavy (non-hydrogen) atoms. The largest absolute Gasteiger partial charge is 0.497 e. The Morgan fingerprint density at radius 2 is 1.57 bits per heavy atom. The third-order valence-electron chi connectivity index (χ3n) is 6.45. The lowest BCUT2D eigenvalue weighted by atomic mass is 10.1. The Hall–Kier alpha value is -3.56. The van der Waals surface area contributed by atoms with Crippen LogP contribution in [0.4, 0.5) is 5.69 Å². The second-order valence-corrected chi connectivity index (χ2v) is 11.7. The lowest BCUT2D eigenvalue weighted by Crippen LogP contribution is -2.52. The van der Waals surface area contributed by atoms with Crippen molar-refractivity contribution in [3.05, 3.63) is 88.9 Å². The van der Waals surface area contributed by atoms with Gasteiger partial charge in [-0.3, -0.25) is 13.9 Å². The average Bonchev–Trinajstić information content (AvgIpc) is 2.96. The van der Waals surface area contributed by atoms with Crippen molar-refractivity contribution < 1.29 is 22.7 Å². The fraction of sp³-hybridized carbons (Fsp3) is 0.333. The molecule has 0 radical (unpaired) electrons. The van der Waals surface area contributed by atoms with Gasteiger partial charge in [0.25, 0.3) is 10.0 Å². The van der Waals surface area contributed by atoms with Gasteiger partial charge in [-0.05, 0) is 73.9 Å². The van der Waals surface area contributed by atoms with E-state index >= 15 is 0 Å². The Bertz CT molecular complexity index is 1380. The number of anilines is 1. The zero-order chi connectivity index (χ0) is 29.3. The minimum Gasteiger partial charge on any atom is -0.497 e. The van der Waals surface area contributed by atoms with Crippen molar-refractivity contribution in [2.45, 2.75) is 51.1 Å². The first-order valence-corrected chi connectivity index (χ1v) is 15.0. The van der Waals surface area contributed by atoms with Gasteiger partial charge in [0.15, 0.2) is 0 Å². The lowest BCUT2D eigenvalue weighted by Gasteiger charge is -2.33. The first-order valence-electron chi connectivity index (χ1n) is 13.2. The van der Waals surface area contributed by atoms with Gasteiger partial charge in [0.1, 0.15) is 18.3 Å². The third kappa shape index (κ3) is 7.76. The van der Waals surface area contributed by atoms with Crippen LogP contribution in [0.2, 0.25) is 5.02 Å². The molecular formula is C30H36ClN3O5S. The highest BCUT2D eigenvalue weighted by atomic mass is 35.5. The van der Waals surface area contributed by atoms with Gasteiger partial charge in [0.2, 0.25) is 11.8 Å². The molecule has 8 nitrogen and oxygen atoms in total. The summed E-state index contributed by atoms with van der Waals surface area (Å²) in [6.45, 7) is 5.85. The molecule has 3 aromatic rings. The molecule has 0 saturated heterocycles. The summed E-state index contributed by atoms with van der Waals surface area (Å²) in [5, 5.41) is 3.31. The van der Waals surface area contributed by atoms with Crippen molar-refractivity contribution in [2.24, 2.45) is 0 Å². The highest BCUT2D eigenvalue weighted by Crippen LogP contribution is 2.27.